The molecule has 1 aromatic rings. The number of hydrogen-bond acceptors (Lipinski definition) is 7. The number of carboxylic acid groups (broad SMARTS) is 1. The fraction of sp³-hybridized carbons (Fsp3) is 0.385. The largest absolute Gasteiger partial charge is 0.479 e. The summed E-state index contributed by atoms with van der Waals surface area (Å²) in [5.74, 6) is -3.43. The number of carboxylic acids is 1. The summed E-state index contributed by atoms with van der Waals surface area (Å²) in [6.45, 7) is 0. The van der Waals surface area contributed by atoms with Gasteiger partial charge in [-0.05, 0) is 18.2 Å². The van der Waals surface area contributed by atoms with E-state index in [0.717, 1.165) is 12.1 Å². The van der Waals surface area contributed by atoms with Crippen LogP contribution in [-0.2, 0) is 14.3 Å². The van der Waals surface area contributed by atoms with Gasteiger partial charge in [0.2, 0.25) is 0 Å². The molecule has 120 valence electrons. The molecule has 0 radical (unpaired) electrons. The first-order valence-corrected chi connectivity index (χ1v) is 6.20. The fourth-order valence-electron chi connectivity index (χ4n) is 1.99. The SMILES string of the molecule is O=C(O[C@H]1[C@H](O)[C@@H](O)[C@@H](O)O[C@@H]1C(=O)O)c1cccc(F)c1. The maximum Gasteiger partial charge on any atom is 0.338 e. The van der Waals surface area contributed by atoms with Crippen LogP contribution < -0.4 is 0 Å². The van der Waals surface area contributed by atoms with Crippen molar-refractivity contribution in [1.29, 1.82) is 0 Å². The van der Waals surface area contributed by atoms with Crippen LogP contribution in [0.25, 0.3) is 0 Å². The number of carbonyl (C=O) groups excluding carboxylic acids is 1. The van der Waals surface area contributed by atoms with Crippen molar-refractivity contribution in [1.82, 2.24) is 0 Å². The number of aliphatic hydroxyl groups excluding tert-OH is 3. The summed E-state index contributed by atoms with van der Waals surface area (Å²) >= 11 is 0. The van der Waals surface area contributed by atoms with E-state index in [-0.39, 0.29) is 5.56 Å². The number of aliphatic carboxylic acids is 1. The van der Waals surface area contributed by atoms with Gasteiger partial charge in [-0.25, -0.2) is 14.0 Å². The molecule has 5 atom stereocenters. The standard InChI is InChI=1S/C13H13FO8/c14-6-3-1-2-5(4-6)12(19)21-9-7(15)8(16)13(20)22-10(9)11(17)18/h1-4,7-10,13,15-16,20H,(H,17,18)/t7-,8-,9+,10+,13+/m1/s1. The highest BCUT2D eigenvalue weighted by molar-refractivity contribution is 5.89. The van der Waals surface area contributed by atoms with Gasteiger partial charge in [0.15, 0.2) is 18.5 Å². The Morgan fingerprint density at radius 2 is 1.86 bits per heavy atom. The van der Waals surface area contributed by atoms with Gasteiger partial charge in [-0.3, -0.25) is 0 Å². The minimum atomic E-state index is -1.94. The van der Waals surface area contributed by atoms with Gasteiger partial charge in [0, 0.05) is 0 Å². The Hall–Kier alpha value is -2.07. The lowest BCUT2D eigenvalue weighted by Crippen LogP contribution is -2.61. The van der Waals surface area contributed by atoms with Crippen molar-refractivity contribution in [2.75, 3.05) is 0 Å². The highest BCUT2D eigenvalue weighted by Gasteiger charge is 2.49. The minimum Gasteiger partial charge on any atom is -0.479 e. The summed E-state index contributed by atoms with van der Waals surface area (Å²) in [6.07, 6.45) is -9.35. The highest BCUT2D eigenvalue weighted by atomic mass is 19.1. The molecule has 2 rings (SSSR count). The zero-order valence-corrected chi connectivity index (χ0v) is 11.0. The van der Waals surface area contributed by atoms with Crippen LogP contribution in [0.2, 0.25) is 0 Å². The summed E-state index contributed by atoms with van der Waals surface area (Å²) in [5, 5.41) is 37.5. The van der Waals surface area contributed by atoms with Gasteiger partial charge in [0.25, 0.3) is 0 Å². The third kappa shape index (κ3) is 3.22. The Labute approximate surface area is 123 Å². The number of ether oxygens (including phenoxy) is 2. The van der Waals surface area contributed by atoms with Gasteiger partial charge in [-0.1, -0.05) is 6.07 Å². The van der Waals surface area contributed by atoms with Gasteiger partial charge in [0.05, 0.1) is 5.56 Å². The molecule has 1 heterocycles. The van der Waals surface area contributed by atoms with E-state index in [1.54, 1.807) is 0 Å². The molecule has 22 heavy (non-hydrogen) atoms. The molecule has 0 saturated carbocycles. The second-order valence-electron chi connectivity index (χ2n) is 4.65. The Bertz CT molecular complexity index is 577. The first-order chi connectivity index (χ1) is 10.3. The zero-order valence-electron chi connectivity index (χ0n) is 11.0. The Morgan fingerprint density at radius 3 is 2.45 bits per heavy atom. The molecular weight excluding hydrogens is 303 g/mol. The number of hydrogen-bond donors (Lipinski definition) is 4. The zero-order chi connectivity index (χ0) is 16.4. The van der Waals surface area contributed by atoms with Crippen LogP contribution >= 0.6 is 0 Å². The van der Waals surface area contributed by atoms with Crippen LogP contribution in [0.3, 0.4) is 0 Å². The van der Waals surface area contributed by atoms with Gasteiger partial charge < -0.3 is 29.9 Å². The normalized spacial score (nSPS) is 31.5. The second kappa shape index (κ2) is 6.36. The van der Waals surface area contributed by atoms with Crippen LogP contribution in [0.1, 0.15) is 10.4 Å². The average Bonchev–Trinajstić information content (AvgIpc) is 2.47. The van der Waals surface area contributed by atoms with E-state index in [9.17, 15) is 29.3 Å². The summed E-state index contributed by atoms with van der Waals surface area (Å²) in [4.78, 5) is 22.9. The lowest BCUT2D eigenvalue weighted by atomic mass is 9.98. The summed E-state index contributed by atoms with van der Waals surface area (Å²) in [5.41, 5.74) is -0.211. The fourth-order valence-corrected chi connectivity index (χ4v) is 1.99. The molecule has 0 aliphatic carbocycles. The minimum absolute atomic E-state index is 0.211. The molecule has 1 aromatic carbocycles. The quantitative estimate of drug-likeness (QED) is 0.515. The van der Waals surface area contributed by atoms with Crippen LogP contribution in [0.5, 0.6) is 0 Å². The number of benzene rings is 1. The number of halogens is 1. The third-order valence-electron chi connectivity index (χ3n) is 3.11. The Balaban J connectivity index is 2.20. The van der Waals surface area contributed by atoms with Crippen molar-refractivity contribution in [3.05, 3.63) is 35.6 Å². The first kappa shape index (κ1) is 16.3. The van der Waals surface area contributed by atoms with Crippen LogP contribution in [0.4, 0.5) is 4.39 Å². The monoisotopic (exact) mass is 316 g/mol. The van der Waals surface area contributed by atoms with Gasteiger partial charge in [-0.15, -0.1) is 0 Å². The van der Waals surface area contributed by atoms with Crippen molar-refractivity contribution in [3.8, 4) is 0 Å². The summed E-state index contributed by atoms with van der Waals surface area (Å²) < 4.78 is 22.5. The first-order valence-electron chi connectivity index (χ1n) is 6.20. The van der Waals surface area contributed by atoms with Crippen LogP contribution in [0.15, 0.2) is 24.3 Å². The molecule has 1 saturated heterocycles. The molecule has 8 nitrogen and oxygen atoms in total. The van der Waals surface area contributed by atoms with Crippen molar-refractivity contribution in [2.45, 2.75) is 30.7 Å². The smallest absolute Gasteiger partial charge is 0.338 e. The molecule has 0 amide bonds. The van der Waals surface area contributed by atoms with E-state index in [2.05, 4.69) is 4.74 Å². The molecule has 1 aliphatic rings. The van der Waals surface area contributed by atoms with E-state index in [4.69, 9.17) is 9.84 Å². The molecule has 0 aromatic heterocycles. The highest BCUT2D eigenvalue weighted by Crippen LogP contribution is 2.24. The average molecular weight is 316 g/mol. The Morgan fingerprint density at radius 1 is 1.18 bits per heavy atom. The van der Waals surface area contributed by atoms with E-state index in [1.807, 2.05) is 0 Å². The molecule has 0 spiro atoms. The predicted octanol–water partition coefficient (Wildman–Crippen LogP) is -1.13. The number of esters is 1. The molecule has 0 bridgehead atoms. The predicted molar refractivity (Wildman–Crippen MR) is 66.1 cm³/mol. The van der Waals surface area contributed by atoms with Gasteiger partial charge in [0.1, 0.15) is 18.0 Å². The topological polar surface area (TPSA) is 134 Å². The number of aliphatic hydroxyl groups is 3. The maximum atomic E-state index is 13.1. The van der Waals surface area contributed by atoms with Crippen molar-refractivity contribution >= 4 is 11.9 Å². The van der Waals surface area contributed by atoms with Crippen LogP contribution in [0, 0.1) is 5.82 Å². The van der Waals surface area contributed by atoms with E-state index in [0.29, 0.717) is 0 Å². The molecular formula is C13H13FO8. The molecule has 4 N–H and O–H groups in total. The summed E-state index contributed by atoms with van der Waals surface area (Å²) in [6, 6.07) is 4.42. The van der Waals surface area contributed by atoms with Crippen molar-refractivity contribution < 1.29 is 43.9 Å². The molecule has 1 aliphatic heterocycles. The number of carbonyl (C=O) groups is 2. The van der Waals surface area contributed by atoms with Crippen molar-refractivity contribution in [2.24, 2.45) is 0 Å². The third-order valence-corrected chi connectivity index (χ3v) is 3.11. The van der Waals surface area contributed by atoms with E-state index >= 15 is 0 Å². The molecule has 1 fully saturated rings. The van der Waals surface area contributed by atoms with Gasteiger partial charge >= 0.3 is 11.9 Å². The van der Waals surface area contributed by atoms with Crippen molar-refractivity contribution in [3.63, 3.8) is 0 Å². The van der Waals surface area contributed by atoms with Gasteiger partial charge in [-0.2, -0.15) is 0 Å². The lowest BCUT2D eigenvalue weighted by molar-refractivity contribution is -0.279. The molecule has 9 heteroatoms. The second-order valence-corrected chi connectivity index (χ2v) is 4.65. The number of rotatable bonds is 3. The maximum absolute atomic E-state index is 13.1. The molecule has 0 unspecified atom stereocenters. The van der Waals surface area contributed by atoms with Crippen LogP contribution in [-0.4, -0.2) is 63.1 Å². The Kier molecular flexibility index (Phi) is 4.71. The van der Waals surface area contributed by atoms with E-state index in [1.165, 1.54) is 12.1 Å². The summed E-state index contributed by atoms with van der Waals surface area (Å²) in [7, 11) is 0. The lowest BCUT2D eigenvalue weighted by Gasteiger charge is -2.38. The van der Waals surface area contributed by atoms with E-state index < -0.39 is 48.5 Å².